The zero-order valence-electron chi connectivity index (χ0n) is 10.3. The summed E-state index contributed by atoms with van der Waals surface area (Å²) >= 11 is 5.89. The molecule has 0 bridgehead atoms. The van der Waals surface area contributed by atoms with Crippen molar-refractivity contribution in [3.8, 4) is 11.1 Å². The molecule has 2 nitrogen and oxygen atoms in total. The zero-order valence-corrected chi connectivity index (χ0v) is 11.1. The van der Waals surface area contributed by atoms with Gasteiger partial charge in [0.2, 0.25) is 0 Å². The quantitative estimate of drug-likeness (QED) is 0.694. The van der Waals surface area contributed by atoms with E-state index in [0.717, 1.165) is 22.7 Å². The van der Waals surface area contributed by atoms with Crippen molar-refractivity contribution < 1.29 is 0 Å². The number of rotatable bonds is 3. The molecule has 0 saturated heterocycles. The predicted octanol–water partition coefficient (Wildman–Crippen LogP) is 4.25. The van der Waals surface area contributed by atoms with Gasteiger partial charge in [-0.1, -0.05) is 54.1 Å². The Labute approximate surface area is 117 Å². The molecule has 0 amide bonds. The van der Waals surface area contributed by atoms with Crippen molar-refractivity contribution in [1.82, 2.24) is 9.78 Å². The fraction of sp³-hybridized carbons (Fsp3) is 0.0625. The first kappa shape index (κ1) is 12.0. The minimum absolute atomic E-state index is 0.750. The fourth-order valence-electron chi connectivity index (χ4n) is 2.01. The van der Waals surface area contributed by atoms with E-state index in [1.54, 1.807) is 0 Å². The molecule has 1 heterocycles. The second kappa shape index (κ2) is 5.29. The van der Waals surface area contributed by atoms with E-state index in [9.17, 15) is 0 Å². The molecule has 3 rings (SSSR count). The van der Waals surface area contributed by atoms with Crippen LogP contribution >= 0.6 is 11.6 Å². The Balaban J connectivity index is 1.82. The minimum Gasteiger partial charge on any atom is -0.268 e. The van der Waals surface area contributed by atoms with Gasteiger partial charge in [-0.25, -0.2) is 0 Å². The molecule has 0 spiro atoms. The van der Waals surface area contributed by atoms with Gasteiger partial charge in [-0.05, 0) is 23.3 Å². The molecule has 2 aromatic carbocycles. The molecule has 0 saturated carbocycles. The van der Waals surface area contributed by atoms with Crippen molar-refractivity contribution in [3.05, 3.63) is 77.6 Å². The highest BCUT2D eigenvalue weighted by molar-refractivity contribution is 6.30. The molecule has 0 N–H and O–H groups in total. The lowest BCUT2D eigenvalue weighted by molar-refractivity contribution is 0.687. The Morgan fingerprint density at radius 3 is 2.37 bits per heavy atom. The van der Waals surface area contributed by atoms with Gasteiger partial charge in [-0.15, -0.1) is 0 Å². The largest absolute Gasteiger partial charge is 0.268 e. The van der Waals surface area contributed by atoms with E-state index < -0.39 is 0 Å². The first-order chi connectivity index (χ1) is 9.31. The van der Waals surface area contributed by atoms with Gasteiger partial charge in [0.1, 0.15) is 0 Å². The summed E-state index contributed by atoms with van der Waals surface area (Å²) in [5.74, 6) is 0. The molecular weight excluding hydrogens is 256 g/mol. The Kier molecular flexibility index (Phi) is 3.34. The molecule has 0 unspecified atom stereocenters. The molecule has 0 fully saturated rings. The van der Waals surface area contributed by atoms with Crippen LogP contribution in [-0.2, 0) is 6.54 Å². The average molecular weight is 269 g/mol. The highest BCUT2D eigenvalue weighted by Gasteiger charge is 2.02. The van der Waals surface area contributed by atoms with Crippen LogP contribution in [0.15, 0.2) is 67.0 Å². The third kappa shape index (κ3) is 2.85. The van der Waals surface area contributed by atoms with Gasteiger partial charge >= 0.3 is 0 Å². The van der Waals surface area contributed by atoms with Crippen molar-refractivity contribution in [3.63, 3.8) is 0 Å². The van der Waals surface area contributed by atoms with E-state index in [-0.39, 0.29) is 0 Å². The van der Waals surface area contributed by atoms with Crippen molar-refractivity contribution in [1.29, 1.82) is 0 Å². The lowest BCUT2D eigenvalue weighted by Crippen LogP contribution is -1.99. The topological polar surface area (TPSA) is 17.8 Å². The van der Waals surface area contributed by atoms with Gasteiger partial charge in [-0.3, -0.25) is 4.68 Å². The van der Waals surface area contributed by atoms with E-state index in [4.69, 9.17) is 11.6 Å². The van der Waals surface area contributed by atoms with Crippen LogP contribution in [0, 0.1) is 0 Å². The summed E-state index contributed by atoms with van der Waals surface area (Å²) in [7, 11) is 0. The Morgan fingerprint density at radius 1 is 0.895 bits per heavy atom. The molecule has 3 heteroatoms. The Hall–Kier alpha value is -2.06. The Morgan fingerprint density at radius 2 is 1.63 bits per heavy atom. The lowest BCUT2D eigenvalue weighted by atomic mass is 10.1. The van der Waals surface area contributed by atoms with Crippen LogP contribution in [0.25, 0.3) is 11.1 Å². The van der Waals surface area contributed by atoms with E-state index in [1.807, 2.05) is 53.3 Å². The standard InChI is InChI=1S/C16H13ClN2/c17-16-8-6-14(7-9-16)15-10-18-19(12-15)11-13-4-2-1-3-5-13/h1-10,12H,11H2. The van der Waals surface area contributed by atoms with Crippen LogP contribution < -0.4 is 0 Å². The van der Waals surface area contributed by atoms with Crippen LogP contribution in [0.5, 0.6) is 0 Å². The number of halogens is 1. The highest BCUT2D eigenvalue weighted by Crippen LogP contribution is 2.21. The predicted molar refractivity (Wildman–Crippen MR) is 78.2 cm³/mol. The van der Waals surface area contributed by atoms with E-state index in [2.05, 4.69) is 23.4 Å². The monoisotopic (exact) mass is 268 g/mol. The number of benzene rings is 2. The van der Waals surface area contributed by atoms with Crippen LogP contribution in [0.2, 0.25) is 5.02 Å². The number of hydrogen-bond donors (Lipinski definition) is 0. The molecule has 0 atom stereocenters. The fourth-order valence-corrected chi connectivity index (χ4v) is 2.14. The van der Waals surface area contributed by atoms with Gasteiger partial charge in [0.25, 0.3) is 0 Å². The molecule has 0 aliphatic carbocycles. The van der Waals surface area contributed by atoms with Crippen molar-refractivity contribution in [2.24, 2.45) is 0 Å². The van der Waals surface area contributed by atoms with Gasteiger partial charge in [-0.2, -0.15) is 5.10 Å². The number of aromatic nitrogens is 2. The first-order valence-electron chi connectivity index (χ1n) is 6.13. The zero-order chi connectivity index (χ0) is 13.1. The molecule has 94 valence electrons. The molecular formula is C16H13ClN2. The maximum Gasteiger partial charge on any atom is 0.0659 e. The second-order valence-corrected chi connectivity index (χ2v) is 4.86. The highest BCUT2D eigenvalue weighted by atomic mass is 35.5. The van der Waals surface area contributed by atoms with Crippen LogP contribution in [-0.4, -0.2) is 9.78 Å². The van der Waals surface area contributed by atoms with Crippen LogP contribution in [0.3, 0.4) is 0 Å². The average Bonchev–Trinajstić information content (AvgIpc) is 2.89. The SMILES string of the molecule is Clc1ccc(-c2cnn(Cc3ccccc3)c2)cc1. The number of hydrogen-bond acceptors (Lipinski definition) is 1. The van der Waals surface area contributed by atoms with Crippen molar-refractivity contribution in [2.75, 3.05) is 0 Å². The normalized spacial score (nSPS) is 10.6. The summed E-state index contributed by atoms with van der Waals surface area (Å²) < 4.78 is 1.94. The summed E-state index contributed by atoms with van der Waals surface area (Å²) in [6.45, 7) is 0.786. The maximum absolute atomic E-state index is 5.89. The van der Waals surface area contributed by atoms with Gasteiger partial charge in [0, 0.05) is 16.8 Å². The molecule has 19 heavy (non-hydrogen) atoms. The van der Waals surface area contributed by atoms with Gasteiger partial charge in [0.05, 0.1) is 12.7 Å². The van der Waals surface area contributed by atoms with E-state index >= 15 is 0 Å². The summed E-state index contributed by atoms with van der Waals surface area (Å²) in [6.07, 6.45) is 3.93. The van der Waals surface area contributed by atoms with Gasteiger partial charge in [0.15, 0.2) is 0 Å². The van der Waals surface area contributed by atoms with Crippen LogP contribution in [0.1, 0.15) is 5.56 Å². The summed E-state index contributed by atoms with van der Waals surface area (Å²) in [6, 6.07) is 18.1. The third-order valence-corrected chi connectivity index (χ3v) is 3.25. The summed E-state index contributed by atoms with van der Waals surface area (Å²) in [5, 5.41) is 5.14. The molecule has 1 aromatic heterocycles. The summed E-state index contributed by atoms with van der Waals surface area (Å²) in [4.78, 5) is 0. The second-order valence-electron chi connectivity index (χ2n) is 4.42. The number of nitrogens with zero attached hydrogens (tertiary/aromatic N) is 2. The van der Waals surface area contributed by atoms with E-state index in [0.29, 0.717) is 0 Å². The first-order valence-corrected chi connectivity index (χ1v) is 6.51. The molecule has 0 aliphatic rings. The third-order valence-electron chi connectivity index (χ3n) is 3.00. The lowest BCUT2D eigenvalue weighted by Gasteiger charge is -2.01. The molecule has 0 aliphatic heterocycles. The Bertz CT molecular complexity index is 657. The molecule has 0 radical (unpaired) electrons. The minimum atomic E-state index is 0.750. The summed E-state index contributed by atoms with van der Waals surface area (Å²) in [5.41, 5.74) is 3.48. The van der Waals surface area contributed by atoms with Gasteiger partial charge < -0.3 is 0 Å². The van der Waals surface area contributed by atoms with Crippen molar-refractivity contribution >= 4 is 11.6 Å². The van der Waals surface area contributed by atoms with Crippen molar-refractivity contribution in [2.45, 2.75) is 6.54 Å². The molecule has 3 aromatic rings. The smallest absolute Gasteiger partial charge is 0.0659 e. The van der Waals surface area contributed by atoms with E-state index in [1.165, 1.54) is 5.56 Å². The van der Waals surface area contributed by atoms with Crippen LogP contribution in [0.4, 0.5) is 0 Å². The maximum atomic E-state index is 5.89.